The van der Waals surface area contributed by atoms with E-state index in [-0.39, 0.29) is 23.4 Å². The molecule has 1 saturated heterocycles. The molecule has 0 saturated carbocycles. The van der Waals surface area contributed by atoms with E-state index in [9.17, 15) is 19.1 Å². The van der Waals surface area contributed by atoms with Gasteiger partial charge in [-0.1, -0.05) is 35.9 Å². The molecule has 1 N–H and O–H groups in total. The first-order valence-corrected chi connectivity index (χ1v) is 9.46. The molecule has 0 unspecified atom stereocenters. The van der Waals surface area contributed by atoms with Crippen LogP contribution in [0.25, 0.3) is 5.76 Å². The molecule has 0 spiro atoms. The number of hydrogen-bond donors (Lipinski definition) is 1. The molecule has 6 heteroatoms. The summed E-state index contributed by atoms with van der Waals surface area (Å²) < 4.78 is 19.7. The topological polar surface area (TPSA) is 66.8 Å². The normalized spacial score (nSPS) is 18.5. The molecule has 1 fully saturated rings. The van der Waals surface area contributed by atoms with Gasteiger partial charge < -0.3 is 14.7 Å². The Kier molecular flexibility index (Phi) is 6.13. The predicted molar refractivity (Wildman–Crippen MR) is 108 cm³/mol. The van der Waals surface area contributed by atoms with Crippen LogP contribution < -0.4 is 0 Å². The summed E-state index contributed by atoms with van der Waals surface area (Å²) in [7, 11) is 1.54. The summed E-state index contributed by atoms with van der Waals surface area (Å²) in [6, 6.07) is 10.5. The zero-order chi connectivity index (χ0) is 21.1. The Morgan fingerprint density at radius 3 is 2.59 bits per heavy atom. The first-order chi connectivity index (χ1) is 13.9. The molecule has 152 valence electrons. The Labute approximate surface area is 169 Å². The Morgan fingerprint density at radius 1 is 1.17 bits per heavy atom. The van der Waals surface area contributed by atoms with Crippen LogP contribution in [0.3, 0.4) is 0 Å². The number of Topliss-reactive ketones (excluding diaryl/α,β-unsaturated/α-hetero) is 1. The van der Waals surface area contributed by atoms with Crippen LogP contribution >= 0.6 is 0 Å². The van der Waals surface area contributed by atoms with Crippen LogP contribution in [-0.2, 0) is 14.3 Å². The summed E-state index contributed by atoms with van der Waals surface area (Å²) in [6.07, 6.45) is 0.484. The van der Waals surface area contributed by atoms with Crippen molar-refractivity contribution in [3.63, 3.8) is 0 Å². The van der Waals surface area contributed by atoms with Crippen LogP contribution in [-0.4, -0.2) is 42.0 Å². The standard InChI is InChI=1S/C23H24FNO4/c1-14-9-10-15(2)17(13-14)21(26)19-20(16-7-4-5-8-18(16)24)25(11-6-12-29-3)23(28)22(19)27/h4-5,7-10,13,20,26H,6,11-12H2,1-3H3/t20-/m0/s1. The number of nitrogens with zero attached hydrogens (tertiary/aromatic N) is 1. The number of rotatable bonds is 6. The maximum absolute atomic E-state index is 14.7. The fourth-order valence-corrected chi connectivity index (χ4v) is 3.65. The summed E-state index contributed by atoms with van der Waals surface area (Å²) >= 11 is 0. The van der Waals surface area contributed by atoms with Crippen molar-refractivity contribution in [3.8, 4) is 0 Å². The second kappa shape index (κ2) is 8.57. The number of ketones is 1. The third kappa shape index (κ3) is 3.93. The number of likely N-dealkylation sites (tertiary alicyclic amines) is 1. The number of halogens is 1. The highest BCUT2D eigenvalue weighted by Gasteiger charge is 2.46. The van der Waals surface area contributed by atoms with Gasteiger partial charge in [0.2, 0.25) is 0 Å². The van der Waals surface area contributed by atoms with Crippen LogP contribution in [0.5, 0.6) is 0 Å². The molecule has 5 nitrogen and oxygen atoms in total. The zero-order valence-corrected chi connectivity index (χ0v) is 16.7. The summed E-state index contributed by atoms with van der Waals surface area (Å²) in [5.41, 5.74) is 2.20. The van der Waals surface area contributed by atoms with Gasteiger partial charge in [-0.3, -0.25) is 9.59 Å². The molecule has 1 atom stereocenters. The highest BCUT2D eigenvalue weighted by molar-refractivity contribution is 6.46. The average Bonchev–Trinajstić information content (AvgIpc) is 2.94. The van der Waals surface area contributed by atoms with Crippen molar-refractivity contribution in [1.29, 1.82) is 0 Å². The number of hydrogen-bond acceptors (Lipinski definition) is 4. The lowest BCUT2D eigenvalue weighted by molar-refractivity contribution is -0.140. The van der Waals surface area contributed by atoms with Crippen molar-refractivity contribution < 1.29 is 23.8 Å². The lowest BCUT2D eigenvalue weighted by Crippen LogP contribution is -2.31. The first-order valence-electron chi connectivity index (χ1n) is 9.46. The van der Waals surface area contributed by atoms with Gasteiger partial charge in [-0.15, -0.1) is 0 Å². The van der Waals surface area contributed by atoms with Gasteiger partial charge in [-0.25, -0.2) is 4.39 Å². The Bertz CT molecular complexity index is 983. The molecule has 0 bridgehead atoms. The number of carbonyl (C=O) groups is 2. The largest absolute Gasteiger partial charge is 0.507 e. The van der Waals surface area contributed by atoms with Crippen LogP contribution in [0.1, 0.15) is 34.7 Å². The molecule has 2 aromatic carbocycles. The number of amides is 1. The average molecular weight is 397 g/mol. The van der Waals surface area contributed by atoms with Crippen LogP contribution in [0.15, 0.2) is 48.0 Å². The van der Waals surface area contributed by atoms with E-state index in [1.807, 2.05) is 19.1 Å². The minimum Gasteiger partial charge on any atom is -0.507 e. The fourth-order valence-electron chi connectivity index (χ4n) is 3.65. The number of benzene rings is 2. The van der Waals surface area contributed by atoms with Crippen molar-refractivity contribution in [3.05, 3.63) is 76.1 Å². The van der Waals surface area contributed by atoms with Gasteiger partial charge in [0.25, 0.3) is 11.7 Å². The van der Waals surface area contributed by atoms with Gasteiger partial charge in [-0.05, 0) is 38.0 Å². The number of carbonyl (C=O) groups excluding carboxylic acids is 2. The quantitative estimate of drug-likeness (QED) is 0.347. The Morgan fingerprint density at radius 2 is 1.90 bits per heavy atom. The van der Waals surface area contributed by atoms with E-state index in [2.05, 4.69) is 0 Å². The molecule has 1 heterocycles. The van der Waals surface area contributed by atoms with Gasteiger partial charge in [-0.2, -0.15) is 0 Å². The van der Waals surface area contributed by atoms with Crippen LogP contribution in [0, 0.1) is 19.7 Å². The first kappa shape index (κ1) is 20.7. The van der Waals surface area contributed by atoms with E-state index in [1.54, 1.807) is 32.2 Å². The molecule has 1 aliphatic rings. The molecular weight excluding hydrogens is 373 g/mol. The number of aliphatic hydroxyl groups is 1. The number of aryl methyl sites for hydroxylation is 2. The number of methoxy groups -OCH3 is 1. The van der Waals surface area contributed by atoms with E-state index >= 15 is 0 Å². The summed E-state index contributed by atoms with van der Waals surface area (Å²) in [5.74, 6) is -2.38. The number of ether oxygens (including phenoxy) is 1. The fraction of sp³-hybridized carbons (Fsp3) is 0.304. The van der Waals surface area contributed by atoms with E-state index in [1.165, 1.54) is 17.0 Å². The van der Waals surface area contributed by atoms with Gasteiger partial charge in [0.05, 0.1) is 11.6 Å². The third-order valence-corrected chi connectivity index (χ3v) is 5.14. The summed E-state index contributed by atoms with van der Waals surface area (Å²) in [5, 5.41) is 11.1. The van der Waals surface area contributed by atoms with Gasteiger partial charge in [0, 0.05) is 31.4 Å². The van der Waals surface area contributed by atoms with E-state index in [0.29, 0.717) is 18.6 Å². The molecule has 0 radical (unpaired) electrons. The van der Waals surface area contributed by atoms with Gasteiger partial charge in [0.15, 0.2) is 0 Å². The molecule has 1 amide bonds. The molecule has 29 heavy (non-hydrogen) atoms. The molecule has 1 aliphatic heterocycles. The van der Waals surface area contributed by atoms with E-state index < -0.39 is 23.5 Å². The second-order valence-corrected chi connectivity index (χ2v) is 7.18. The van der Waals surface area contributed by atoms with E-state index in [4.69, 9.17) is 4.74 Å². The Balaban J connectivity index is 2.19. The third-order valence-electron chi connectivity index (χ3n) is 5.14. The maximum Gasteiger partial charge on any atom is 0.295 e. The van der Waals surface area contributed by atoms with Crippen molar-refractivity contribution in [2.75, 3.05) is 20.3 Å². The van der Waals surface area contributed by atoms with Crippen molar-refractivity contribution in [2.45, 2.75) is 26.3 Å². The minimum absolute atomic E-state index is 0.0915. The van der Waals surface area contributed by atoms with Crippen molar-refractivity contribution in [1.82, 2.24) is 4.90 Å². The number of aliphatic hydroxyl groups excluding tert-OH is 1. The lowest BCUT2D eigenvalue weighted by atomic mass is 9.93. The van der Waals surface area contributed by atoms with Crippen LogP contribution in [0.4, 0.5) is 4.39 Å². The van der Waals surface area contributed by atoms with Gasteiger partial charge >= 0.3 is 0 Å². The highest BCUT2D eigenvalue weighted by Crippen LogP contribution is 2.40. The smallest absolute Gasteiger partial charge is 0.295 e. The molecule has 0 aliphatic carbocycles. The van der Waals surface area contributed by atoms with Crippen LogP contribution in [0.2, 0.25) is 0 Å². The maximum atomic E-state index is 14.7. The minimum atomic E-state index is -0.993. The zero-order valence-electron chi connectivity index (χ0n) is 16.7. The molecule has 0 aromatic heterocycles. The second-order valence-electron chi connectivity index (χ2n) is 7.18. The van der Waals surface area contributed by atoms with Crippen molar-refractivity contribution in [2.24, 2.45) is 0 Å². The molecular formula is C23H24FNO4. The van der Waals surface area contributed by atoms with Crippen molar-refractivity contribution >= 4 is 17.4 Å². The summed E-state index contributed by atoms with van der Waals surface area (Å²) in [6.45, 7) is 4.28. The predicted octanol–water partition coefficient (Wildman–Crippen LogP) is 3.90. The molecule has 2 aromatic rings. The Hall–Kier alpha value is -2.99. The monoisotopic (exact) mass is 397 g/mol. The highest BCUT2D eigenvalue weighted by atomic mass is 19.1. The molecule has 3 rings (SSSR count). The van der Waals surface area contributed by atoms with Gasteiger partial charge in [0.1, 0.15) is 11.6 Å². The van der Waals surface area contributed by atoms with E-state index in [0.717, 1.165) is 11.1 Å². The summed E-state index contributed by atoms with van der Waals surface area (Å²) in [4.78, 5) is 27.0. The SMILES string of the molecule is COCCCN1C(=O)C(=O)C(=C(O)c2cc(C)ccc2C)[C@@H]1c1ccccc1F. The lowest BCUT2D eigenvalue weighted by Gasteiger charge is -2.25.